The van der Waals surface area contributed by atoms with Crippen LogP contribution in [-0.4, -0.2) is 47.5 Å². The first-order valence-corrected chi connectivity index (χ1v) is 11.2. The molecule has 3 aromatic carbocycles. The van der Waals surface area contributed by atoms with Gasteiger partial charge in [-0.05, 0) is 37.5 Å². The third-order valence-corrected chi connectivity index (χ3v) is 5.97. The second kappa shape index (κ2) is 8.95. The maximum absolute atomic E-state index is 15.0. The van der Waals surface area contributed by atoms with Crippen LogP contribution in [0, 0.1) is 11.6 Å². The quantitative estimate of drug-likeness (QED) is 0.219. The van der Waals surface area contributed by atoms with Crippen LogP contribution in [0.1, 0.15) is 41.4 Å². The van der Waals surface area contributed by atoms with Gasteiger partial charge in [0, 0.05) is 48.6 Å². The molecular weight excluding hydrogens is 438 g/mol. The zero-order valence-electron chi connectivity index (χ0n) is 19.0. The zero-order chi connectivity index (χ0) is 23.8. The number of halogens is 2. The number of carbonyl (C=O) groups excluding carboxylic acids is 1. The molecule has 1 unspecified atom stereocenters. The van der Waals surface area contributed by atoms with Gasteiger partial charge in [-0.1, -0.05) is 24.3 Å². The highest BCUT2D eigenvalue weighted by Crippen LogP contribution is 2.35. The second-order valence-corrected chi connectivity index (χ2v) is 8.63. The van der Waals surface area contributed by atoms with E-state index in [0.29, 0.717) is 28.5 Å². The van der Waals surface area contributed by atoms with Crippen LogP contribution in [0.25, 0.3) is 21.7 Å². The van der Waals surface area contributed by atoms with Gasteiger partial charge in [0.15, 0.2) is 11.6 Å². The van der Waals surface area contributed by atoms with Gasteiger partial charge in [-0.25, -0.2) is 18.5 Å². The van der Waals surface area contributed by atoms with Gasteiger partial charge in [0.05, 0.1) is 17.6 Å². The maximum Gasteiger partial charge on any atom is 0.196 e. The van der Waals surface area contributed by atoms with Crippen LogP contribution >= 0.6 is 0 Å². The minimum absolute atomic E-state index is 0.0830. The highest BCUT2D eigenvalue weighted by Gasteiger charge is 2.24. The summed E-state index contributed by atoms with van der Waals surface area (Å²) in [5.41, 5.74) is 0.772. The summed E-state index contributed by atoms with van der Waals surface area (Å²) in [6.45, 7) is 0.610. The lowest BCUT2D eigenvalue weighted by atomic mass is 9.95. The lowest BCUT2D eigenvalue weighted by Gasteiger charge is -2.22. The van der Waals surface area contributed by atoms with Crippen molar-refractivity contribution < 1.29 is 18.3 Å². The molecule has 0 amide bonds. The van der Waals surface area contributed by atoms with Crippen molar-refractivity contribution in [2.24, 2.45) is 4.99 Å². The van der Waals surface area contributed by atoms with Crippen LogP contribution in [0.3, 0.4) is 0 Å². The fourth-order valence-corrected chi connectivity index (χ4v) is 4.31. The highest BCUT2D eigenvalue weighted by atomic mass is 19.1. The summed E-state index contributed by atoms with van der Waals surface area (Å²) >= 11 is 0. The second-order valence-electron chi connectivity index (χ2n) is 8.63. The number of aromatic nitrogens is 2. The van der Waals surface area contributed by atoms with E-state index in [1.165, 1.54) is 18.2 Å². The molecule has 1 saturated heterocycles. The van der Waals surface area contributed by atoms with Crippen molar-refractivity contribution in [2.75, 3.05) is 20.7 Å². The normalized spacial score (nSPS) is 16.5. The predicted molar refractivity (Wildman–Crippen MR) is 128 cm³/mol. The van der Waals surface area contributed by atoms with Crippen molar-refractivity contribution in [1.82, 2.24) is 14.7 Å². The molecule has 0 saturated carbocycles. The van der Waals surface area contributed by atoms with Crippen molar-refractivity contribution in [1.29, 1.82) is 0 Å². The molecule has 0 aliphatic carbocycles. The smallest absolute Gasteiger partial charge is 0.196 e. The molecular formula is C26H24F2N4O2. The van der Waals surface area contributed by atoms with E-state index in [9.17, 15) is 9.18 Å². The van der Waals surface area contributed by atoms with Gasteiger partial charge >= 0.3 is 0 Å². The SMILES string of the molecule is CN(C)/C=N/c1c(C(=O)c2ccc(F)c3nn(C4CCCCO4)cc23)cc(F)c2ccccc12. The Labute approximate surface area is 195 Å². The Kier molecular flexibility index (Phi) is 5.83. The molecule has 8 heteroatoms. The molecule has 2 heterocycles. The fraction of sp³-hybridized carbons (Fsp3) is 0.269. The predicted octanol–water partition coefficient (Wildman–Crippen LogP) is 5.62. The van der Waals surface area contributed by atoms with Gasteiger partial charge < -0.3 is 9.64 Å². The summed E-state index contributed by atoms with van der Waals surface area (Å²) in [5, 5.41) is 5.63. The first-order chi connectivity index (χ1) is 16.4. The van der Waals surface area contributed by atoms with Crippen molar-refractivity contribution in [3.63, 3.8) is 0 Å². The van der Waals surface area contributed by atoms with E-state index in [-0.39, 0.29) is 22.9 Å². The zero-order valence-corrected chi connectivity index (χ0v) is 19.0. The topological polar surface area (TPSA) is 59.7 Å². The van der Waals surface area contributed by atoms with Crippen LogP contribution in [-0.2, 0) is 4.74 Å². The van der Waals surface area contributed by atoms with Gasteiger partial charge in [-0.15, -0.1) is 0 Å². The number of benzene rings is 3. The number of ether oxygens (including phenoxy) is 1. The largest absolute Gasteiger partial charge is 0.369 e. The Morgan fingerprint density at radius 2 is 1.88 bits per heavy atom. The summed E-state index contributed by atoms with van der Waals surface area (Å²) in [5.74, 6) is -1.51. The molecule has 0 radical (unpaired) electrons. The van der Waals surface area contributed by atoms with Crippen molar-refractivity contribution in [3.05, 3.63) is 71.4 Å². The average Bonchev–Trinajstić information content (AvgIpc) is 3.30. The minimum atomic E-state index is -0.531. The molecule has 0 N–H and O–H groups in total. The highest BCUT2D eigenvalue weighted by molar-refractivity contribution is 6.20. The number of aliphatic imine (C=N–C) groups is 1. The number of carbonyl (C=O) groups is 1. The molecule has 0 spiro atoms. The standard InChI is InChI=1S/C26H24F2N4O2/c1-31(2)15-29-24-17-8-4-3-7-16(17)22(28)13-19(24)26(33)18-10-11-21(27)25-20(18)14-32(30-25)23-9-5-6-12-34-23/h3-4,7-8,10-11,13-15,23H,5-6,9,12H2,1-2H3/b29-15+. The van der Waals surface area contributed by atoms with Crippen LogP contribution < -0.4 is 0 Å². The van der Waals surface area contributed by atoms with Crippen molar-refractivity contribution in [3.8, 4) is 0 Å². The molecule has 1 aliphatic heterocycles. The third kappa shape index (κ3) is 3.94. The molecule has 4 aromatic rings. The summed E-state index contributed by atoms with van der Waals surface area (Å²) in [4.78, 5) is 20.0. The first-order valence-electron chi connectivity index (χ1n) is 11.2. The minimum Gasteiger partial charge on any atom is -0.369 e. The van der Waals surface area contributed by atoms with Gasteiger partial charge in [-0.3, -0.25) is 4.79 Å². The van der Waals surface area contributed by atoms with Crippen LogP contribution in [0.5, 0.6) is 0 Å². The van der Waals surface area contributed by atoms with Crippen molar-refractivity contribution in [2.45, 2.75) is 25.5 Å². The van der Waals surface area contributed by atoms with E-state index in [1.54, 1.807) is 46.4 Å². The molecule has 5 rings (SSSR count). The number of nitrogens with zero attached hydrogens (tertiary/aromatic N) is 4. The molecule has 1 aliphatic rings. The molecule has 174 valence electrons. The Hall–Kier alpha value is -3.65. The molecule has 6 nitrogen and oxygen atoms in total. The summed E-state index contributed by atoms with van der Waals surface area (Å²) < 4.78 is 37.0. The average molecular weight is 463 g/mol. The van der Waals surface area contributed by atoms with E-state index in [2.05, 4.69) is 10.1 Å². The van der Waals surface area contributed by atoms with Crippen LogP contribution in [0.2, 0.25) is 0 Å². The summed E-state index contributed by atoms with van der Waals surface area (Å²) in [6.07, 6.45) is 5.62. The van der Waals surface area contributed by atoms with Gasteiger partial charge in [0.25, 0.3) is 0 Å². The van der Waals surface area contributed by atoms with Gasteiger partial charge in [-0.2, -0.15) is 5.10 Å². The number of fused-ring (bicyclic) bond motifs is 2. The Balaban J connectivity index is 1.68. The first kappa shape index (κ1) is 22.2. The summed E-state index contributed by atoms with van der Waals surface area (Å²) in [6, 6.07) is 10.7. The van der Waals surface area contributed by atoms with E-state index in [1.807, 2.05) is 14.1 Å². The molecule has 0 bridgehead atoms. The third-order valence-electron chi connectivity index (χ3n) is 5.97. The number of hydrogen-bond acceptors (Lipinski definition) is 4. The molecule has 34 heavy (non-hydrogen) atoms. The lowest BCUT2D eigenvalue weighted by Crippen LogP contribution is -2.18. The van der Waals surface area contributed by atoms with Gasteiger partial charge in [0.2, 0.25) is 0 Å². The maximum atomic E-state index is 15.0. The number of hydrogen-bond donors (Lipinski definition) is 0. The monoisotopic (exact) mass is 462 g/mol. The molecule has 1 aromatic heterocycles. The van der Waals surface area contributed by atoms with Crippen LogP contribution in [0.4, 0.5) is 14.5 Å². The Morgan fingerprint density at radius 3 is 2.62 bits per heavy atom. The van der Waals surface area contributed by atoms with E-state index in [0.717, 1.165) is 19.3 Å². The summed E-state index contributed by atoms with van der Waals surface area (Å²) in [7, 11) is 3.61. The van der Waals surface area contributed by atoms with Gasteiger partial charge in [0.1, 0.15) is 17.6 Å². The van der Waals surface area contributed by atoms with E-state index in [4.69, 9.17) is 4.74 Å². The fourth-order valence-electron chi connectivity index (χ4n) is 4.31. The number of rotatable bonds is 5. The van der Waals surface area contributed by atoms with Crippen LogP contribution in [0.15, 0.2) is 53.7 Å². The molecule has 1 fully saturated rings. The van der Waals surface area contributed by atoms with E-state index >= 15 is 4.39 Å². The number of ketones is 1. The van der Waals surface area contributed by atoms with E-state index < -0.39 is 17.4 Å². The van der Waals surface area contributed by atoms with Crippen molar-refractivity contribution >= 4 is 39.5 Å². The molecule has 1 atom stereocenters. The Bertz CT molecular complexity index is 1420. The lowest BCUT2D eigenvalue weighted by molar-refractivity contribution is -0.0391. The Morgan fingerprint density at radius 1 is 1.09 bits per heavy atom.